The maximum atomic E-state index is 11.4. The fraction of sp³-hybridized carbons (Fsp3) is 0.400. The summed E-state index contributed by atoms with van der Waals surface area (Å²) in [5.41, 5.74) is 5.54. The van der Waals surface area contributed by atoms with Crippen LogP contribution in [0.5, 0.6) is 0 Å². The summed E-state index contributed by atoms with van der Waals surface area (Å²) in [7, 11) is 0. The zero-order chi connectivity index (χ0) is 15.4. The molecule has 0 aliphatic carbocycles. The van der Waals surface area contributed by atoms with Gasteiger partial charge >= 0.3 is 0 Å². The molecule has 1 saturated heterocycles. The Kier molecular flexibility index (Phi) is 4.65. The molecule has 1 atom stereocenters. The monoisotopic (exact) mass is 317 g/mol. The molecular formula is C15H19N5OS. The van der Waals surface area contributed by atoms with E-state index in [9.17, 15) is 4.79 Å². The number of likely N-dealkylation sites (tertiary alicyclic amines) is 1. The molecule has 7 heteroatoms. The van der Waals surface area contributed by atoms with Crippen LogP contribution in [0.1, 0.15) is 34.2 Å². The lowest BCUT2D eigenvalue weighted by Gasteiger charge is -2.27. The van der Waals surface area contributed by atoms with Gasteiger partial charge in [0, 0.05) is 23.8 Å². The van der Waals surface area contributed by atoms with Gasteiger partial charge < -0.3 is 11.1 Å². The van der Waals surface area contributed by atoms with Crippen LogP contribution >= 0.6 is 11.3 Å². The van der Waals surface area contributed by atoms with Crippen molar-refractivity contribution in [2.45, 2.75) is 18.9 Å². The van der Waals surface area contributed by atoms with Crippen LogP contribution in [-0.4, -0.2) is 40.4 Å². The SMILES string of the molecule is NC(=O)c1nccnc1NCC(c1cccs1)N1CCCC1. The van der Waals surface area contributed by atoms with Crippen LogP contribution in [0.3, 0.4) is 0 Å². The summed E-state index contributed by atoms with van der Waals surface area (Å²) in [6, 6.07) is 4.51. The van der Waals surface area contributed by atoms with E-state index in [2.05, 4.69) is 37.7 Å². The Morgan fingerprint density at radius 1 is 1.36 bits per heavy atom. The lowest BCUT2D eigenvalue weighted by Crippen LogP contribution is -2.31. The third-order valence-corrected chi connectivity index (χ3v) is 4.82. The summed E-state index contributed by atoms with van der Waals surface area (Å²) in [5, 5.41) is 5.34. The minimum atomic E-state index is -0.565. The Hall–Kier alpha value is -1.99. The number of carbonyl (C=O) groups is 1. The maximum Gasteiger partial charge on any atom is 0.271 e. The van der Waals surface area contributed by atoms with Crippen LogP contribution in [0.15, 0.2) is 29.9 Å². The molecule has 1 unspecified atom stereocenters. The first kappa shape index (κ1) is 14.9. The Bertz CT molecular complexity index is 625. The summed E-state index contributed by atoms with van der Waals surface area (Å²) < 4.78 is 0. The van der Waals surface area contributed by atoms with Gasteiger partial charge in [-0.05, 0) is 37.4 Å². The van der Waals surface area contributed by atoms with Gasteiger partial charge in [0.2, 0.25) is 0 Å². The number of carbonyl (C=O) groups excluding carboxylic acids is 1. The van der Waals surface area contributed by atoms with Crippen LogP contribution in [0, 0.1) is 0 Å². The molecule has 1 aliphatic rings. The fourth-order valence-electron chi connectivity index (χ4n) is 2.78. The first-order valence-corrected chi connectivity index (χ1v) is 8.26. The van der Waals surface area contributed by atoms with Gasteiger partial charge in [0.15, 0.2) is 11.5 Å². The quantitative estimate of drug-likeness (QED) is 0.850. The van der Waals surface area contributed by atoms with Crippen molar-refractivity contribution >= 4 is 23.1 Å². The third-order valence-electron chi connectivity index (χ3n) is 3.85. The highest BCUT2D eigenvalue weighted by Crippen LogP contribution is 2.28. The van der Waals surface area contributed by atoms with E-state index in [4.69, 9.17) is 5.73 Å². The lowest BCUT2D eigenvalue weighted by atomic mass is 10.2. The van der Waals surface area contributed by atoms with E-state index in [1.807, 2.05) is 0 Å². The molecule has 3 heterocycles. The van der Waals surface area contributed by atoms with Crippen molar-refractivity contribution in [1.82, 2.24) is 14.9 Å². The van der Waals surface area contributed by atoms with E-state index in [0.29, 0.717) is 12.4 Å². The molecule has 116 valence electrons. The molecule has 1 fully saturated rings. The minimum Gasteiger partial charge on any atom is -0.366 e. The first-order valence-electron chi connectivity index (χ1n) is 7.38. The second-order valence-electron chi connectivity index (χ2n) is 5.27. The topological polar surface area (TPSA) is 84.1 Å². The Morgan fingerprint density at radius 3 is 2.82 bits per heavy atom. The summed E-state index contributed by atoms with van der Waals surface area (Å²) >= 11 is 1.75. The summed E-state index contributed by atoms with van der Waals surface area (Å²) in [5.74, 6) is -0.111. The summed E-state index contributed by atoms with van der Waals surface area (Å²) in [6.45, 7) is 2.89. The normalized spacial score (nSPS) is 16.5. The molecule has 1 amide bonds. The molecule has 6 nitrogen and oxygen atoms in total. The highest BCUT2D eigenvalue weighted by atomic mass is 32.1. The van der Waals surface area contributed by atoms with Crippen molar-refractivity contribution in [3.05, 3.63) is 40.5 Å². The predicted octanol–water partition coefficient (Wildman–Crippen LogP) is 1.89. The van der Waals surface area contributed by atoms with Crippen molar-refractivity contribution in [2.24, 2.45) is 5.73 Å². The van der Waals surface area contributed by atoms with Gasteiger partial charge in [-0.2, -0.15) is 0 Å². The number of thiophene rings is 1. The predicted molar refractivity (Wildman–Crippen MR) is 86.9 cm³/mol. The van der Waals surface area contributed by atoms with Crippen LogP contribution < -0.4 is 11.1 Å². The smallest absolute Gasteiger partial charge is 0.271 e. The van der Waals surface area contributed by atoms with E-state index in [1.54, 1.807) is 17.5 Å². The lowest BCUT2D eigenvalue weighted by molar-refractivity contribution is 0.0996. The molecular weight excluding hydrogens is 298 g/mol. The molecule has 22 heavy (non-hydrogen) atoms. The first-order chi connectivity index (χ1) is 10.8. The second kappa shape index (κ2) is 6.85. The summed E-state index contributed by atoms with van der Waals surface area (Å²) in [6.07, 6.45) is 5.51. The van der Waals surface area contributed by atoms with Crippen molar-refractivity contribution in [3.63, 3.8) is 0 Å². The number of rotatable bonds is 6. The number of primary amides is 1. The van der Waals surface area contributed by atoms with E-state index >= 15 is 0 Å². The highest BCUT2D eigenvalue weighted by molar-refractivity contribution is 7.10. The van der Waals surface area contributed by atoms with Gasteiger partial charge in [0.1, 0.15) is 0 Å². The average molecular weight is 317 g/mol. The van der Waals surface area contributed by atoms with Crippen LogP contribution in [0.25, 0.3) is 0 Å². The molecule has 0 spiro atoms. The van der Waals surface area contributed by atoms with Crippen LogP contribution in [-0.2, 0) is 0 Å². The number of hydrogen-bond acceptors (Lipinski definition) is 6. The maximum absolute atomic E-state index is 11.4. The Labute approximate surface area is 133 Å². The van der Waals surface area contributed by atoms with E-state index in [0.717, 1.165) is 13.1 Å². The molecule has 0 bridgehead atoms. The van der Waals surface area contributed by atoms with Gasteiger partial charge in [0.05, 0.1) is 6.04 Å². The van der Waals surface area contributed by atoms with Gasteiger partial charge in [-0.3, -0.25) is 9.69 Å². The van der Waals surface area contributed by atoms with Crippen molar-refractivity contribution in [3.8, 4) is 0 Å². The molecule has 2 aromatic rings. The van der Waals surface area contributed by atoms with Crippen LogP contribution in [0.2, 0.25) is 0 Å². The van der Waals surface area contributed by atoms with Gasteiger partial charge in [-0.25, -0.2) is 9.97 Å². The van der Waals surface area contributed by atoms with Crippen molar-refractivity contribution < 1.29 is 4.79 Å². The van der Waals surface area contributed by atoms with Crippen molar-refractivity contribution in [1.29, 1.82) is 0 Å². The molecule has 3 rings (SSSR count). The zero-order valence-electron chi connectivity index (χ0n) is 12.2. The Balaban J connectivity index is 1.76. The van der Waals surface area contributed by atoms with Gasteiger partial charge in [-0.1, -0.05) is 6.07 Å². The zero-order valence-corrected chi connectivity index (χ0v) is 13.1. The average Bonchev–Trinajstić information content (AvgIpc) is 3.21. The molecule has 0 radical (unpaired) electrons. The number of amides is 1. The molecule has 3 N–H and O–H groups in total. The largest absolute Gasteiger partial charge is 0.366 e. The number of nitrogens with two attached hydrogens (primary N) is 1. The minimum absolute atomic E-state index is 0.189. The van der Waals surface area contributed by atoms with Gasteiger partial charge in [0.25, 0.3) is 5.91 Å². The standard InChI is InChI=1S/C15H19N5OS/c16-14(21)13-15(18-6-5-17-13)19-10-11(12-4-3-9-22-12)20-7-1-2-8-20/h3-6,9,11H,1-2,7-8,10H2,(H2,16,21)(H,18,19). The Morgan fingerprint density at radius 2 is 2.14 bits per heavy atom. The highest BCUT2D eigenvalue weighted by Gasteiger charge is 2.24. The number of hydrogen-bond donors (Lipinski definition) is 2. The number of nitrogens with one attached hydrogen (secondary N) is 1. The number of anilines is 1. The summed E-state index contributed by atoms with van der Waals surface area (Å²) in [4.78, 5) is 23.4. The molecule has 1 aliphatic heterocycles. The molecule has 2 aromatic heterocycles. The fourth-order valence-corrected chi connectivity index (χ4v) is 3.65. The van der Waals surface area contributed by atoms with Crippen LogP contribution in [0.4, 0.5) is 5.82 Å². The van der Waals surface area contributed by atoms with E-state index < -0.39 is 5.91 Å². The van der Waals surface area contributed by atoms with Crippen molar-refractivity contribution in [2.75, 3.05) is 25.0 Å². The second-order valence-corrected chi connectivity index (χ2v) is 6.25. The number of aromatic nitrogens is 2. The van der Waals surface area contributed by atoms with E-state index in [1.165, 1.54) is 23.9 Å². The third kappa shape index (κ3) is 3.26. The van der Waals surface area contributed by atoms with E-state index in [-0.39, 0.29) is 11.7 Å². The molecule has 0 aromatic carbocycles. The molecule has 0 saturated carbocycles. The van der Waals surface area contributed by atoms with Gasteiger partial charge in [-0.15, -0.1) is 11.3 Å². The number of nitrogens with zero attached hydrogens (tertiary/aromatic N) is 3.